The Kier molecular flexibility index (Phi) is 5.40. The normalized spacial score (nSPS) is 18.8. The Balaban J connectivity index is 1.98. The Morgan fingerprint density at radius 2 is 1.86 bits per heavy atom. The van der Waals surface area contributed by atoms with Gasteiger partial charge in [0.15, 0.2) is 0 Å². The Bertz CT molecular complexity index is 474. The highest BCUT2D eigenvalue weighted by Crippen LogP contribution is 2.23. The molecule has 0 bridgehead atoms. The fourth-order valence-electron chi connectivity index (χ4n) is 3.23. The number of para-hydroxylation sites is 1. The predicted molar refractivity (Wildman–Crippen MR) is 88.3 cm³/mol. The minimum absolute atomic E-state index is 0.0857. The molecule has 1 unspecified atom stereocenters. The molecule has 1 amide bonds. The van der Waals surface area contributed by atoms with E-state index < -0.39 is 0 Å². The third kappa shape index (κ3) is 4.07. The van der Waals surface area contributed by atoms with Crippen LogP contribution in [0.3, 0.4) is 0 Å². The molecule has 1 heterocycles. The first-order valence-corrected chi connectivity index (χ1v) is 8.11. The van der Waals surface area contributed by atoms with Gasteiger partial charge >= 0.3 is 0 Å². The molecule has 2 rings (SSSR count). The number of carbonyl (C=O) groups is 1. The van der Waals surface area contributed by atoms with Crippen molar-refractivity contribution in [3.8, 4) is 0 Å². The molecule has 1 aromatic rings. The van der Waals surface area contributed by atoms with Crippen molar-refractivity contribution in [3.63, 3.8) is 0 Å². The Labute approximate surface area is 128 Å². The molecule has 1 aliphatic rings. The van der Waals surface area contributed by atoms with Crippen LogP contribution < -0.4 is 10.6 Å². The summed E-state index contributed by atoms with van der Waals surface area (Å²) in [5.41, 5.74) is 2.20. The molecule has 21 heavy (non-hydrogen) atoms. The van der Waals surface area contributed by atoms with Gasteiger partial charge in [-0.2, -0.15) is 0 Å². The summed E-state index contributed by atoms with van der Waals surface area (Å²) in [5, 5.41) is 6.55. The van der Waals surface area contributed by atoms with Gasteiger partial charge in [0.25, 0.3) is 0 Å². The van der Waals surface area contributed by atoms with E-state index in [-0.39, 0.29) is 11.9 Å². The third-order valence-corrected chi connectivity index (χ3v) is 4.61. The summed E-state index contributed by atoms with van der Waals surface area (Å²) in [6.45, 7) is 9.94. The van der Waals surface area contributed by atoms with Crippen molar-refractivity contribution < 1.29 is 4.79 Å². The van der Waals surface area contributed by atoms with Crippen LogP contribution in [0.1, 0.15) is 39.7 Å². The number of aryl methyl sites for hydroxylation is 1. The molecule has 3 heteroatoms. The number of hydrogen-bond acceptors (Lipinski definition) is 2. The molecule has 0 radical (unpaired) electrons. The van der Waals surface area contributed by atoms with Gasteiger partial charge in [-0.1, -0.05) is 45.9 Å². The van der Waals surface area contributed by atoms with Crippen molar-refractivity contribution in [3.05, 3.63) is 29.8 Å². The molecule has 1 aliphatic heterocycles. The van der Waals surface area contributed by atoms with Gasteiger partial charge in [-0.15, -0.1) is 0 Å². The Hall–Kier alpha value is -1.35. The summed E-state index contributed by atoms with van der Waals surface area (Å²) in [4.78, 5) is 12.4. The second-order valence-electron chi connectivity index (χ2n) is 6.80. The predicted octanol–water partition coefficient (Wildman–Crippen LogP) is 3.46. The van der Waals surface area contributed by atoms with E-state index in [2.05, 4.69) is 44.4 Å². The molecule has 0 aromatic heterocycles. The first-order chi connectivity index (χ1) is 9.99. The topological polar surface area (TPSA) is 41.1 Å². The van der Waals surface area contributed by atoms with Gasteiger partial charge in [0, 0.05) is 5.69 Å². The first-order valence-electron chi connectivity index (χ1n) is 8.11. The number of fused-ring (bicyclic) bond motifs is 1. The third-order valence-electron chi connectivity index (χ3n) is 4.61. The maximum absolute atomic E-state index is 12.4. The summed E-state index contributed by atoms with van der Waals surface area (Å²) in [6, 6.07) is 8.01. The summed E-state index contributed by atoms with van der Waals surface area (Å²) in [5.74, 6) is 1.96. The van der Waals surface area contributed by atoms with Crippen LogP contribution in [-0.2, 0) is 11.2 Å². The number of carbonyl (C=O) groups excluding carboxylic acids is 1. The average Bonchev–Trinajstić information content (AvgIpc) is 2.57. The van der Waals surface area contributed by atoms with Crippen LogP contribution in [-0.4, -0.2) is 18.5 Å². The van der Waals surface area contributed by atoms with Crippen molar-refractivity contribution in [1.82, 2.24) is 5.32 Å². The number of benzene rings is 1. The zero-order valence-electron chi connectivity index (χ0n) is 13.6. The van der Waals surface area contributed by atoms with Crippen molar-refractivity contribution >= 4 is 11.6 Å². The molecule has 3 nitrogen and oxygen atoms in total. The van der Waals surface area contributed by atoms with Crippen LogP contribution in [0.4, 0.5) is 5.69 Å². The lowest BCUT2D eigenvalue weighted by Crippen LogP contribution is -2.43. The monoisotopic (exact) mass is 288 g/mol. The van der Waals surface area contributed by atoms with Gasteiger partial charge in [-0.25, -0.2) is 0 Å². The second kappa shape index (κ2) is 7.08. The van der Waals surface area contributed by atoms with E-state index in [1.54, 1.807) is 0 Å². The standard InChI is InChI=1S/C18H28N2O/c1-12(2)15(13(3)4)11-19-17-10-9-14-7-5-6-8-16(14)20-18(17)21/h5-8,12-13,15,17,19H,9-11H2,1-4H3,(H,20,21). The zero-order chi connectivity index (χ0) is 15.4. The van der Waals surface area contributed by atoms with Crippen molar-refractivity contribution in [2.75, 3.05) is 11.9 Å². The molecule has 0 fully saturated rings. The summed E-state index contributed by atoms with van der Waals surface area (Å²) >= 11 is 0. The highest BCUT2D eigenvalue weighted by molar-refractivity contribution is 5.96. The van der Waals surface area contributed by atoms with E-state index in [9.17, 15) is 4.79 Å². The number of nitrogens with one attached hydrogen (secondary N) is 2. The fraction of sp³-hybridized carbons (Fsp3) is 0.611. The number of amides is 1. The van der Waals surface area contributed by atoms with E-state index in [4.69, 9.17) is 0 Å². The first kappa shape index (κ1) is 16.0. The summed E-state index contributed by atoms with van der Waals surface area (Å²) in [7, 11) is 0. The molecule has 0 spiro atoms. The molecule has 0 saturated heterocycles. The molecule has 116 valence electrons. The molecule has 1 atom stereocenters. The molecule has 0 saturated carbocycles. The van der Waals surface area contributed by atoms with E-state index >= 15 is 0 Å². The van der Waals surface area contributed by atoms with Gasteiger partial charge in [-0.05, 0) is 48.8 Å². The molecular weight excluding hydrogens is 260 g/mol. The van der Waals surface area contributed by atoms with E-state index in [1.165, 1.54) is 5.56 Å². The van der Waals surface area contributed by atoms with Gasteiger partial charge in [-0.3, -0.25) is 4.79 Å². The number of rotatable bonds is 5. The van der Waals surface area contributed by atoms with Crippen LogP contribution >= 0.6 is 0 Å². The lowest BCUT2D eigenvalue weighted by atomic mass is 9.85. The lowest BCUT2D eigenvalue weighted by Gasteiger charge is -2.27. The number of anilines is 1. The van der Waals surface area contributed by atoms with Crippen LogP contribution in [0.15, 0.2) is 24.3 Å². The smallest absolute Gasteiger partial charge is 0.241 e. The zero-order valence-corrected chi connectivity index (χ0v) is 13.6. The van der Waals surface area contributed by atoms with Crippen molar-refractivity contribution in [2.24, 2.45) is 17.8 Å². The van der Waals surface area contributed by atoms with Crippen LogP contribution in [0.5, 0.6) is 0 Å². The SMILES string of the molecule is CC(C)C(CNC1CCc2ccccc2NC1=O)C(C)C. The lowest BCUT2D eigenvalue weighted by molar-refractivity contribution is -0.118. The van der Waals surface area contributed by atoms with Gasteiger partial charge in [0.05, 0.1) is 6.04 Å². The maximum atomic E-state index is 12.4. The Morgan fingerprint density at radius 1 is 1.19 bits per heavy atom. The van der Waals surface area contributed by atoms with Crippen molar-refractivity contribution in [1.29, 1.82) is 0 Å². The molecule has 1 aromatic carbocycles. The van der Waals surface area contributed by atoms with Crippen LogP contribution in [0.2, 0.25) is 0 Å². The second-order valence-corrected chi connectivity index (χ2v) is 6.80. The minimum atomic E-state index is -0.0857. The Morgan fingerprint density at radius 3 is 2.52 bits per heavy atom. The largest absolute Gasteiger partial charge is 0.324 e. The number of hydrogen-bond donors (Lipinski definition) is 2. The summed E-state index contributed by atoms with van der Waals surface area (Å²) in [6.07, 6.45) is 1.81. The van der Waals surface area contributed by atoms with E-state index in [0.717, 1.165) is 25.1 Å². The van der Waals surface area contributed by atoms with E-state index in [1.807, 2.05) is 18.2 Å². The highest BCUT2D eigenvalue weighted by atomic mass is 16.2. The molecular formula is C18H28N2O. The van der Waals surface area contributed by atoms with E-state index in [0.29, 0.717) is 17.8 Å². The maximum Gasteiger partial charge on any atom is 0.241 e. The molecule has 0 aliphatic carbocycles. The van der Waals surface area contributed by atoms with Gasteiger partial charge in [0.1, 0.15) is 0 Å². The quantitative estimate of drug-likeness (QED) is 0.871. The highest BCUT2D eigenvalue weighted by Gasteiger charge is 2.25. The van der Waals surface area contributed by atoms with Crippen molar-refractivity contribution in [2.45, 2.75) is 46.6 Å². The van der Waals surface area contributed by atoms with Crippen LogP contribution in [0.25, 0.3) is 0 Å². The average molecular weight is 288 g/mol. The van der Waals surface area contributed by atoms with Crippen LogP contribution in [0, 0.1) is 17.8 Å². The van der Waals surface area contributed by atoms with Gasteiger partial charge < -0.3 is 10.6 Å². The molecule has 2 N–H and O–H groups in total. The minimum Gasteiger partial charge on any atom is -0.324 e. The summed E-state index contributed by atoms with van der Waals surface area (Å²) < 4.78 is 0. The fourth-order valence-corrected chi connectivity index (χ4v) is 3.23. The van der Waals surface area contributed by atoms with Gasteiger partial charge in [0.2, 0.25) is 5.91 Å².